The Hall–Kier alpha value is -2.16. The van der Waals surface area contributed by atoms with Gasteiger partial charge in [0.1, 0.15) is 0 Å². The van der Waals surface area contributed by atoms with E-state index in [0.29, 0.717) is 12.2 Å². The zero-order chi connectivity index (χ0) is 17.7. The molecule has 3 heteroatoms. The Morgan fingerprint density at radius 2 is 2.00 bits per heavy atom. The second-order valence-electron chi connectivity index (χ2n) is 6.73. The highest BCUT2D eigenvalue weighted by Gasteiger charge is 2.29. The summed E-state index contributed by atoms with van der Waals surface area (Å²) in [6, 6.07) is 5.80. The number of rotatable bonds is 6. The summed E-state index contributed by atoms with van der Waals surface area (Å²) in [5, 5.41) is 0. The maximum absolute atomic E-state index is 12.3. The van der Waals surface area contributed by atoms with Crippen LogP contribution in [0.5, 0.6) is 0 Å². The van der Waals surface area contributed by atoms with Gasteiger partial charge in [-0.15, -0.1) is 0 Å². The third kappa shape index (κ3) is 4.02. The topological polar surface area (TPSA) is 43.4 Å². The molecule has 128 valence electrons. The van der Waals surface area contributed by atoms with Crippen molar-refractivity contribution in [3.8, 4) is 0 Å². The summed E-state index contributed by atoms with van der Waals surface area (Å²) in [5.74, 6) is -0.183. The van der Waals surface area contributed by atoms with Crippen LogP contribution < -0.4 is 0 Å². The molecular formula is C21H26O3. The van der Waals surface area contributed by atoms with Crippen molar-refractivity contribution in [3.63, 3.8) is 0 Å². The summed E-state index contributed by atoms with van der Waals surface area (Å²) >= 11 is 0. The van der Waals surface area contributed by atoms with E-state index in [1.165, 1.54) is 0 Å². The van der Waals surface area contributed by atoms with Gasteiger partial charge in [-0.05, 0) is 54.0 Å². The van der Waals surface area contributed by atoms with E-state index in [9.17, 15) is 9.59 Å². The van der Waals surface area contributed by atoms with Gasteiger partial charge < -0.3 is 4.74 Å². The van der Waals surface area contributed by atoms with Gasteiger partial charge >= 0.3 is 5.97 Å². The molecule has 0 amide bonds. The minimum absolute atomic E-state index is 0.0249. The van der Waals surface area contributed by atoms with Crippen LogP contribution in [0.25, 0.3) is 5.57 Å². The number of hydrogen-bond donors (Lipinski definition) is 0. The second-order valence-corrected chi connectivity index (χ2v) is 6.73. The fourth-order valence-electron chi connectivity index (χ4n) is 2.99. The fraction of sp³-hybridized carbons (Fsp3) is 0.429. The van der Waals surface area contributed by atoms with Crippen LogP contribution in [0.2, 0.25) is 0 Å². The lowest BCUT2D eigenvalue weighted by Gasteiger charge is -2.32. The molecule has 1 aromatic carbocycles. The van der Waals surface area contributed by atoms with E-state index in [2.05, 4.69) is 19.9 Å². The average molecular weight is 326 g/mol. The molecule has 0 N–H and O–H groups in total. The van der Waals surface area contributed by atoms with Gasteiger partial charge in [0.25, 0.3) is 0 Å². The molecule has 24 heavy (non-hydrogen) atoms. The van der Waals surface area contributed by atoms with Gasteiger partial charge in [-0.1, -0.05) is 45.1 Å². The van der Waals surface area contributed by atoms with Crippen molar-refractivity contribution < 1.29 is 14.3 Å². The smallest absolute Gasteiger partial charge is 0.310 e. The number of hydrogen-bond acceptors (Lipinski definition) is 3. The van der Waals surface area contributed by atoms with Crippen LogP contribution in [0, 0.1) is 0 Å². The van der Waals surface area contributed by atoms with Crippen molar-refractivity contribution in [2.45, 2.75) is 52.4 Å². The number of ketones is 1. The largest absolute Gasteiger partial charge is 0.466 e. The molecule has 0 heterocycles. The van der Waals surface area contributed by atoms with E-state index in [0.717, 1.165) is 29.5 Å². The maximum atomic E-state index is 12.3. The molecule has 1 aliphatic rings. The highest BCUT2D eigenvalue weighted by Crippen LogP contribution is 2.40. The van der Waals surface area contributed by atoms with Crippen LogP contribution in [0.3, 0.4) is 0 Å². The summed E-state index contributed by atoms with van der Waals surface area (Å²) in [6.07, 6.45) is 7.59. The molecule has 1 aliphatic carbocycles. The van der Waals surface area contributed by atoms with Crippen molar-refractivity contribution in [3.05, 3.63) is 53.1 Å². The van der Waals surface area contributed by atoms with E-state index in [1.54, 1.807) is 6.08 Å². The first-order chi connectivity index (χ1) is 11.4. The first-order valence-electron chi connectivity index (χ1n) is 8.59. The number of benzene rings is 1. The summed E-state index contributed by atoms with van der Waals surface area (Å²) in [6.45, 7) is 8.54. The van der Waals surface area contributed by atoms with E-state index >= 15 is 0 Å². The first kappa shape index (κ1) is 18.2. The molecule has 0 aliphatic heterocycles. The molecule has 0 spiro atoms. The van der Waals surface area contributed by atoms with Crippen molar-refractivity contribution in [2.24, 2.45) is 0 Å². The van der Waals surface area contributed by atoms with Crippen LogP contribution in [-0.4, -0.2) is 18.4 Å². The zero-order valence-corrected chi connectivity index (χ0v) is 15.0. The third-order valence-corrected chi connectivity index (χ3v) is 4.38. The Labute approximate surface area is 144 Å². The molecule has 0 bridgehead atoms. The molecule has 1 aromatic rings. The standard InChI is InChI=1S/C21H26O3/c1-5-7-8-19(22)16-9-10-17-15(14-20(23)24-6-2)11-12-21(3,4)18(17)13-16/h7-11,13H,5-6,12,14H2,1-4H3. The van der Waals surface area contributed by atoms with Gasteiger partial charge in [-0.25, -0.2) is 0 Å². The van der Waals surface area contributed by atoms with Crippen LogP contribution >= 0.6 is 0 Å². The monoisotopic (exact) mass is 326 g/mol. The average Bonchev–Trinajstić information content (AvgIpc) is 2.55. The molecular weight excluding hydrogens is 300 g/mol. The number of esters is 1. The SMILES string of the molecule is CCC=CC(=O)c1ccc2c(c1)C(C)(C)CC=C2CC(=O)OCC. The quantitative estimate of drug-likeness (QED) is 0.426. The molecule has 3 nitrogen and oxygen atoms in total. The predicted octanol–water partition coefficient (Wildman–Crippen LogP) is 4.85. The number of allylic oxidation sites excluding steroid dienone is 3. The predicted molar refractivity (Wildman–Crippen MR) is 97.1 cm³/mol. The second kappa shape index (κ2) is 7.61. The summed E-state index contributed by atoms with van der Waals surface area (Å²) in [4.78, 5) is 24.1. The summed E-state index contributed by atoms with van der Waals surface area (Å²) in [5.41, 5.74) is 3.81. The summed E-state index contributed by atoms with van der Waals surface area (Å²) < 4.78 is 5.07. The molecule has 0 saturated carbocycles. The minimum atomic E-state index is -0.208. The lowest BCUT2D eigenvalue weighted by molar-refractivity contribution is -0.141. The highest BCUT2D eigenvalue weighted by atomic mass is 16.5. The Kier molecular flexibility index (Phi) is 5.76. The van der Waals surface area contributed by atoms with Crippen molar-refractivity contribution in [2.75, 3.05) is 6.61 Å². The minimum Gasteiger partial charge on any atom is -0.466 e. The van der Waals surface area contributed by atoms with Gasteiger partial charge in [0.15, 0.2) is 5.78 Å². The lowest BCUT2D eigenvalue weighted by atomic mass is 9.72. The van der Waals surface area contributed by atoms with Gasteiger partial charge in [0.2, 0.25) is 0 Å². The van der Waals surface area contributed by atoms with Crippen LogP contribution in [-0.2, 0) is 14.9 Å². The normalized spacial score (nSPS) is 15.8. The Bertz CT molecular complexity index is 693. The number of fused-ring (bicyclic) bond motifs is 1. The Balaban J connectivity index is 2.37. The molecule has 0 radical (unpaired) electrons. The van der Waals surface area contributed by atoms with Crippen molar-refractivity contribution in [1.29, 1.82) is 0 Å². The Morgan fingerprint density at radius 3 is 2.67 bits per heavy atom. The third-order valence-electron chi connectivity index (χ3n) is 4.38. The number of carbonyl (C=O) groups is 2. The van der Waals surface area contributed by atoms with Gasteiger partial charge in [0, 0.05) is 5.56 Å². The molecule has 0 saturated heterocycles. The van der Waals surface area contributed by atoms with Crippen molar-refractivity contribution in [1.82, 2.24) is 0 Å². The lowest BCUT2D eigenvalue weighted by Crippen LogP contribution is -2.23. The van der Waals surface area contributed by atoms with Gasteiger partial charge in [0.05, 0.1) is 13.0 Å². The van der Waals surface area contributed by atoms with Crippen LogP contribution in [0.1, 0.15) is 68.4 Å². The van der Waals surface area contributed by atoms with Crippen LogP contribution in [0.15, 0.2) is 36.4 Å². The zero-order valence-electron chi connectivity index (χ0n) is 15.0. The highest BCUT2D eigenvalue weighted by molar-refractivity contribution is 6.05. The van der Waals surface area contributed by atoms with Crippen molar-refractivity contribution >= 4 is 17.3 Å². The molecule has 0 atom stereocenters. The fourth-order valence-corrected chi connectivity index (χ4v) is 2.99. The summed E-state index contributed by atoms with van der Waals surface area (Å²) in [7, 11) is 0. The van der Waals surface area contributed by atoms with E-state index in [-0.39, 0.29) is 23.6 Å². The molecule has 0 aromatic heterocycles. The molecule has 2 rings (SSSR count). The maximum Gasteiger partial charge on any atom is 0.310 e. The number of carbonyl (C=O) groups excluding carboxylic acids is 2. The van der Waals surface area contributed by atoms with Gasteiger partial charge in [-0.3, -0.25) is 9.59 Å². The van der Waals surface area contributed by atoms with E-state index in [4.69, 9.17) is 4.74 Å². The van der Waals surface area contributed by atoms with Crippen LogP contribution in [0.4, 0.5) is 0 Å². The number of ether oxygens (including phenoxy) is 1. The molecule has 0 unspecified atom stereocenters. The van der Waals surface area contributed by atoms with E-state index < -0.39 is 0 Å². The van der Waals surface area contributed by atoms with E-state index in [1.807, 2.05) is 38.1 Å². The Morgan fingerprint density at radius 1 is 1.25 bits per heavy atom. The molecule has 0 fully saturated rings. The van der Waals surface area contributed by atoms with Gasteiger partial charge in [-0.2, -0.15) is 0 Å². The first-order valence-corrected chi connectivity index (χ1v) is 8.59.